The van der Waals surface area contributed by atoms with Gasteiger partial charge >= 0.3 is 0 Å². The zero-order chi connectivity index (χ0) is 17.2. The van der Waals surface area contributed by atoms with E-state index in [2.05, 4.69) is 10.6 Å². The fourth-order valence-electron chi connectivity index (χ4n) is 1.77. The van der Waals surface area contributed by atoms with Gasteiger partial charge in [-0.25, -0.2) is 0 Å². The van der Waals surface area contributed by atoms with E-state index in [1.54, 1.807) is 0 Å². The van der Waals surface area contributed by atoms with E-state index in [4.69, 9.17) is 4.74 Å². The normalized spacial score (nSPS) is 13.8. The van der Waals surface area contributed by atoms with Gasteiger partial charge in [0.2, 0.25) is 11.8 Å². The Morgan fingerprint density at radius 1 is 1.09 bits per heavy atom. The molecule has 0 spiro atoms. The molecule has 0 radical (unpaired) electrons. The van der Waals surface area contributed by atoms with Crippen LogP contribution in [0.4, 0.5) is 0 Å². The van der Waals surface area contributed by atoms with Gasteiger partial charge in [0.25, 0.3) is 11.8 Å². The van der Waals surface area contributed by atoms with Gasteiger partial charge in [-0.15, -0.1) is 0 Å². The van der Waals surface area contributed by atoms with Crippen molar-refractivity contribution in [1.29, 1.82) is 0 Å². The average Bonchev–Trinajstić information content (AvgIpc) is 2.82. The Morgan fingerprint density at radius 3 is 2.22 bits per heavy atom. The lowest BCUT2D eigenvalue weighted by Gasteiger charge is -2.13. The monoisotopic (exact) mass is 325 g/mol. The number of amides is 4. The molecule has 0 bridgehead atoms. The maximum atomic E-state index is 11.6. The summed E-state index contributed by atoms with van der Waals surface area (Å²) in [5.41, 5.74) is 0. The molecule has 0 atom stereocenters. The van der Waals surface area contributed by atoms with Crippen LogP contribution in [0.3, 0.4) is 0 Å². The van der Waals surface area contributed by atoms with Crippen LogP contribution in [-0.4, -0.2) is 61.4 Å². The van der Waals surface area contributed by atoms with Crippen LogP contribution in [0.15, 0.2) is 12.2 Å². The Kier molecular flexibility index (Phi) is 7.96. The van der Waals surface area contributed by atoms with Crippen LogP contribution in [-0.2, 0) is 23.9 Å². The predicted molar refractivity (Wildman–Crippen MR) is 82.2 cm³/mol. The van der Waals surface area contributed by atoms with Gasteiger partial charge in [0.15, 0.2) is 0 Å². The molecule has 23 heavy (non-hydrogen) atoms. The maximum absolute atomic E-state index is 11.6. The SMILES string of the molecule is CC(C)C(=O)NCCOCCNC(=O)CCN1C(=O)C=CC1=O. The fourth-order valence-corrected chi connectivity index (χ4v) is 1.77. The summed E-state index contributed by atoms with van der Waals surface area (Å²) < 4.78 is 5.27. The first-order valence-electron chi connectivity index (χ1n) is 7.57. The lowest BCUT2D eigenvalue weighted by Crippen LogP contribution is -2.35. The van der Waals surface area contributed by atoms with E-state index < -0.39 is 11.8 Å². The van der Waals surface area contributed by atoms with Crippen LogP contribution in [0.5, 0.6) is 0 Å². The van der Waals surface area contributed by atoms with Gasteiger partial charge in [-0.1, -0.05) is 13.8 Å². The minimum Gasteiger partial charge on any atom is -0.378 e. The Hall–Kier alpha value is -2.22. The summed E-state index contributed by atoms with van der Waals surface area (Å²) in [4.78, 5) is 46.4. The summed E-state index contributed by atoms with van der Waals surface area (Å²) >= 11 is 0. The summed E-state index contributed by atoms with van der Waals surface area (Å²) in [6.45, 7) is 5.15. The zero-order valence-electron chi connectivity index (χ0n) is 13.5. The van der Waals surface area contributed by atoms with E-state index in [0.717, 1.165) is 4.90 Å². The third-order valence-corrected chi connectivity index (χ3v) is 3.10. The van der Waals surface area contributed by atoms with Crippen LogP contribution >= 0.6 is 0 Å². The Balaban J connectivity index is 1.99. The molecule has 1 heterocycles. The molecule has 2 N–H and O–H groups in total. The summed E-state index contributed by atoms with van der Waals surface area (Å²) in [6.07, 6.45) is 2.43. The molecule has 4 amide bonds. The van der Waals surface area contributed by atoms with Crippen LogP contribution in [0, 0.1) is 5.92 Å². The highest BCUT2D eigenvalue weighted by molar-refractivity contribution is 6.13. The molecular formula is C15H23N3O5. The first-order chi connectivity index (χ1) is 10.9. The highest BCUT2D eigenvalue weighted by atomic mass is 16.5. The lowest BCUT2D eigenvalue weighted by molar-refractivity contribution is -0.137. The van der Waals surface area contributed by atoms with Crippen molar-refractivity contribution in [2.45, 2.75) is 20.3 Å². The van der Waals surface area contributed by atoms with E-state index in [-0.39, 0.29) is 30.7 Å². The highest BCUT2D eigenvalue weighted by Gasteiger charge is 2.23. The van der Waals surface area contributed by atoms with Crippen molar-refractivity contribution in [3.63, 3.8) is 0 Å². The molecule has 0 aromatic rings. The minimum atomic E-state index is -0.394. The van der Waals surface area contributed by atoms with Crippen molar-refractivity contribution in [3.8, 4) is 0 Å². The molecule has 8 nitrogen and oxygen atoms in total. The number of imide groups is 1. The van der Waals surface area contributed by atoms with Crippen LogP contribution in [0.1, 0.15) is 20.3 Å². The van der Waals surface area contributed by atoms with E-state index in [1.807, 2.05) is 13.8 Å². The molecule has 0 fully saturated rings. The van der Waals surface area contributed by atoms with Gasteiger partial charge < -0.3 is 15.4 Å². The summed E-state index contributed by atoms with van der Waals surface area (Å²) in [6, 6.07) is 0. The average molecular weight is 325 g/mol. The molecular weight excluding hydrogens is 302 g/mol. The first-order valence-corrected chi connectivity index (χ1v) is 7.57. The van der Waals surface area contributed by atoms with E-state index in [1.165, 1.54) is 12.2 Å². The Labute approximate surface area is 135 Å². The topological polar surface area (TPSA) is 105 Å². The number of carbonyl (C=O) groups excluding carboxylic acids is 4. The maximum Gasteiger partial charge on any atom is 0.253 e. The standard InChI is InChI=1S/C15H23N3O5/c1-11(2)15(22)17-7-10-23-9-6-16-12(19)5-8-18-13(20)3-4-14(18)21/h3-4,11H,5-10H2,1-2H3,(H,16,19)(H,17,22). The second-order valence-corrected chi connectivity index (χ2v) is 5.32. The second kappa shape index (κ2) is 9.73. The van der Waals surface area contributed by atoms with Crippen molar-refractivity contribution in [2.24, 2.45) is 5.92 Å². The van der Waals surface area contributed by atoms with Crippen molar-refractivity contribution in [2.75, 3.05) is 32.8 Å². The van der Waals surface area contributed by atoms with Crippen molar-refractivity contribution < 1.29 is 23.9 Å². The molecule has 0 aliphatic carbocycles. The number of carbonyl (C=O) groups is 4. The molecule has 0 unspecified atom stereocenters. The molecule has 8 heteroatoms. The summed E-state index contributed by atoms with van der Waals surface area (Å²) in [5.74, 6) is -1.13. The first kappa shape index (κ1) is 18.8. The molecule has 0 aromatic carbocycles. The van der Waals surface area contributed by atoms with Crippen molar-refractivity contribution in [1.82, 2.24) is 15.5 Å². The van der Waals surface area contributed by atoms with Gasteiger partial charge in [-0.05, 0) is 0 Å². The van der Waals surface area contributed by atoms with Crippen LogP contribution < -0.4 is 10.6 Å². The number of nitrogens with zero attached hydrogens (tertiary/aromatic N) is 1. The summed E-state index contributed by atoms with van der Waals surface area (Å²) in [5, 5.41) is 5.35. The molecule has 0 saturated carbocycles. The third-order valence-electron chi connectivity index (χ3n) is 3.10. The van der Waals surface area contributed by atoms with E-state index in [9.17, 15) is 19.2 Å². The lowest BCUT2D eigenvalue weighted by atomic mass is 10.2. The van der Waals surface area contributed by atoms with Crippen molar-refractivity contribution >= 4 is 23.6 Å². The number of ether oxygens (including phenoxy) is 1. The van der Waals surface area contributed by atoms with Gasteiger partial charge in [-0.2, -0.15) is 0 Å². The van der Waals surface area contributed by atoms with Crippen molar-refractivity contribution in [3.05, 3.63) is 12.2 Å². The third kappa shape index (κ3) is 7.05. The van der Waals surface area contributed by atoms with E-state index in [0.29, 0.717) is 26.3 Å². The largest absolute Gasteiger partial charge is 0.378 e. The van der Waals surface area contributed by atoms with Crippen LogP contribution in [0.2, 0.25) is 0 Å². The van der Waals surface area contributed by atoms with Gasteiger partial charge in [0.1, 0.15) is 0 Å². The molecule has 1 rings (SSSR count). The number of nitrogens with one attached hydrogen (secondary N) is 2. The molecule has 0 saturated heterocycles. The quantitative estimate of drug-likeness (QED) is 0.404. The zero-order valence-corrected chi connectivity index (χ0v) is 13.5. The van der Waals surface area contributed by atoms with Gasteiger partial charge in [-0.3, -0.25) is 24.1 Å². The van der Waals surface area contributed by atoms with Gasteiger partial charge in [0, 0.05) is 44.1 Å². The molecule has 1 aliphatic heterocycles. The fraction of sp³-hybridized carbons (Fsp3) is 0.600. The second-order valence-electron chi connectivity index (χ2n) is 5.32. The minimum absolute atomic E-state index is 0.0256. The number of hydrogen-bond donors (Lipinski definition) is 2. The number of hydrogen-bond acceptors (Lipinski definition) is 5. The molecule has 1 aliphatic rings. The number of rotatable bonds is 10. The predicted octanol–water partition coefficient (Wildman–Crippen LogP) is -0.793. The van der Waals surface area contributed by atoms with Crippen LogP contribution in [0.25, 0.3) is 0 Å². The molecule has 0 aromatic heterocycles. The summed E-state index contributed by atoms with van der Waals surface area (Å²) in [7, 11) is 0. The highest BCUT2D eigenvalue weighted by Crippen LogP contribution is 2.03. The Bertz CT molecular complexity index is 470. The van der Waals surface area contributed by atoms with E-state index >= 15 is 0 Å². The van der Waals surface area contributed by atoms with Gasteiger partial charge in [0.05, 0.1) is 13.2 Å². The smallest absolute Gasteiger partial charge is 0.253 e. The molecule has 128 valence electrons. The Morgan fingerprint density at radius 2 is 1.65 bits per heavy atom.